The third kappa shape index (κ3) is 9.57. The topological polar surface area (TPSA) is 49.7 Å². The summed E-state index contributed by atoms with van der Waals surface area (Å²) in [5.74, 6) is 2.23. The Bertz CT molecular complexity index is 157. The van der Waals surface area contributed by atoms with Gasteiger partial charge in [0.2, 0.25) is 0 Å². The van der Waals surface area contributed by atoms with Crippen molar-refractivity contribution < 1.29 is 14.9 Å². The second-order valence-corrected chi connectivity index (χ2v) is 5.79. The summed E-state index contributed by atoms with van der Waals surface area (Å²) in [6.07, 6.45) is 2.26. The molecule has 1 heterocycles. The van der Waals surface area contributed by atoms with Gasteiger partial charge in [-0.1, -0.05) is 27.7 Å². The molecule has 0 aromatic rings. The second kappa shape index (κ2) is 9.86. The number of rotatable bonds is 4. The van der Waals surface area contributed by atoms with Crippen molar-refractivity contribution in [2.75, 3.05) is 26.4 Å². The molecule has 1 rings (SSSR count). The van der Waals surface area contributed by atoms with E-state index >= 15 is 0 Å². The highest BCUT2D eigenvalue weighted by atomic mass is 16.5. The number of aliphatic hydroxyl groups is 2. The zero-order valence-corrected chi connectivity index (χ0v) is 11.9. The zero-order valence-electron chi connectivity index (χ0n) is 11.9. The normalized spacial score (nSPS) is 27.9. The van der Waals surface area contributed by atoms with Crippen LogP contribution < -0.4 is 0 Å². The molecule has 0 aromatic carbocycles. The molecule has 0 aromatic heterocycles. The fraction of sp³-hybridized carbons (Fsp3) is 1.00. The largest absolute Gasteiger partial charge is 0.396 e. The molecule has 2 N–H and O–H groups in total. The van der Waals surface area contributed by atoms with Crippen molar-refractivity contribution >= 4 is 0 Å². The minimum atomic E-state index is 0.227. The molecule has 17 heavy (non-hydrogen) atoms. The van der Waals surface area contributed by atoms with Crippen molar-refractivity contribution in [3.05, 3.63) is 0 Å². The Balaban J connectivity index is 0.000000302. The van der Waals surface area contributed by atoms with Crippen LogP contribution in [0.4, 0.5) is 0 Å². The van der Waals surface area contributed by atoms with Crippen LogP contribution in [0.15, 0.2) is 0 Å². The summed E-state index contributed by atoms with van der Waals surface area (Å²) in [6.45, 7) is 10.9. The molecule has 3 heteroatoms. The van der Waals surface area contributed by atoms with Crippen LogP contribution in [-0.4, -0.2) is 36.6 Å². The van der Waals surface area contributed by atoms with E-state index in [9.17, 15) is 0 Å². The molecule has 1 fully saturated rings. The highest BCUT2D eigenvalue weighted by Gasteiger charge is 2.14. The predicted molar refractivity (Wildman–Crippen MR) is 70.9 cm³/mol. The van der Waals surface area contributed by atoms with Crippen molar-refractivity contribution in [1.29, 1.82) is 0 Å². The summed E-state index contributed by atoms with van der Waals surface area (Å²) in [5.41, 5.74) is 0. The van der Waals surface area contributed by atoms with Gasteiger partial charge < -0.3 is 14.9 Å². The van der Waals surface area contributed by atoms with Gasteiger partial charge in [-0.15, -0.1) is 0 Å². The lowest BCUT2D eigenvalue weighted by Gasteiger charge is -2.23. The first-order valence-electron chi connectivity index (χ1n) is 6.79. The van der Waals surface area contributed by atoms with E-state index in [4.69, 9.17) is 14.9 Å². The quantitative estimate of drug-likeness (QED) is 0.800. The Morgan fingerprint density at radius 3 is 1.65 bits per heavy atom. The highest BCUT2D eigenvalue weighted by Crippen LogP contribution is 2.17. The van der Waals surface area contributed by atoms with Gasteiger partial charge in [-0.05, 0) is 36.5 Å². The smallest absolute Gasteiger partial charge is 0.0491 e. The van der Waals surface area contributed by atoms with E-state index in [0.29, 0.717) is 11.8 Å². The van der Waals surface area contributed by atoms with Crippen LogP contribution in [0.5, 0.6) is 0 Å². The number of aliphatic hydroxyl groups excluding tert-OH is 2. The molecular weight excluding hydrogens is 216 g/mol. The Morgan fingerprint density at radius 2 is 1.41 bits per heavy atom. The maximum absolute atomic E-state index is 8.60. The van der Waals surface area contributed by atoms with Crippen molar-refractivity contribution in [2.45, 2.75) is 40.5 Å². The Labute approximate surface area is 106 Å². The molecule has 0 radical (unpaired) electrons. The zero-order chi connectivity index (χ0) is 13.3. The average Bonchev–Trinajstić information content (AvgIpc) is 2.29. The van der Waals surface area contributed by atoms with E-state index in [-0.39, 0.29) is 13.2 Å². The van der Waals surface area contributed by atoms with Gasteiger partial charge in [-0.3, -0.25) is 0 Å². The van der Waals surface area contributed by atoms with Gasteiger partial charge in [-0.25, -0.2) is 0 Å². The first-order valence-corrected chi connectivity index (χ1v) is 6.79. The number of ether oxygens (including phenoxy) is 1. The van der Waals surface area contributed by atoms with Crippen molar-refractivity contribution in [3.63, 3.8) is 0 Å². The molecular formula is C14H30O3. The standard InChI is InChI=1S/C7H16O2.C7H14O/c1-6(4-8)3-7(2)5-9;1-6-3-7(2)5-8-4-6/h6-9H,3-5H2,1-2H3;6-7H,3-5H2,1-2H3. The van der Waals surface area contributed by atoms with Gasteiger partial charge in [0.05, 0.1) is 0 Å². The molecule has 104 valence electrons. The molecule has 0 bridgehead atoms. The average molecular weight is 246 g/mol. The lowest BCUT2D eigenvalue weighted by molar-refractivity contribution is 0.0274. The van der Waals surface area contributed by atoms with Gasteiger partial charge in [0.15, 0.2) is 0 Å². The molecule has 4 unspecified atom stereocenters. The fourth-order valence-corrected chi connectivity index (χ4v) is 2.13. The minimum absolute atomic E-state index is 0.227. The molecule has 0 aliphatic carbocycles. The Morgan fingerprint density at radius 1 is 1.00 bits per heavy atom. The van der Waals surface area contributed by atoms with E-state index in [1.807, 2.05) is 13.8 Å². The lowest BCUT2D eigenvalue weighted by atomic mass is 9.96. The van der Waals surface area contributed by atoms with Crippen LogP contribution in [0.3, 0.4) is 0 Å². The summed E-state index contributed by atoms with van der Waals surface area (Å²) in [4.78, 5) is 0. The van der Waals surface area contributed by atoms with E-state index in [2.05, 4.69) is 13.8 Å². The minimum Gasteiger partial charge on any atom is -0.396 e. The SMILES string of the molecule is CC(CO)CC(C)CO.CC1COCC(C)C1. The van der Waals surface area contributed by atoms with Crippen LogP contribution in [-0.2, 0) is 4.74 Å². The molecule has 4 atom stereocenters. The van der Waals surface area contributed by atoms with Crippen LogP contribution in [0.2, 0.25) is 0 Å². The summed E-state index contributed by atoms with van der Waals surface area (Å²) in [6, 6.07) is 0. The third-order valence-electron chi connectivity index (χ3n) is 3.04. The number of hydrogen-bond donors (Lipinski definition) is 2. The molecule has 3 nitrogen and oxygen atoms in total. The monoisotopic (exact) mass is 246 g/mol. The Kier molecular flexibility index (Phi) is 9.79. The van der Waals surface area contributed by atoms with Gasteiger partial charge in [0, 0.05) is 26.4 Å². The maximum Gasteiger partial charge on any atom is 0.0491 e. The first kappa shape index (κ1) is 16.9. The third-order valence-corrected chi connectivity index (χ3v) is 3.04. The molecule has 0 saturated carbocycles. The first-order chi connectivity index (χ1) is 7.99. The van der Waals surface area contributed by atoms with Crippen molar-refractivity contribution in [3.8, 4) is 0 Å². The van der Waals surface area contributed by atoms with Crippen LogP contribution in [0.1, 0.15) is 40.5 Å². The maximum atomic E-state index is 8.60. The van der Waals surface area contributed by atoms with Crippen molar-refractivity contribution in [1.82, 2.24) is 0 Å². The van der Waals surface area contributed by atoms with Gasteiger partial charge in [-0.2, -0.15) is 0 Å². The van der Waals surface area contributed by atoms with Gasteiger partial charge in [0.25, 0.3) is 0 Å². The number of hydrogen-bond acceptors (Lipinski definition) is 3. The van der Waals surface area contributed by atoms with Gasteiger partial charge in [0.1, 0.15) is 0 Å². The van der Waals surface area contributed by atoms with E-state index < -0.39 is 0 Å². The van der Waals surface area contributed by atoms with Crippen LogP contribution in [0.25, 0.3) is 0 Å². The van der Waals surface area contributed by atoms with Crippen LogP contribution >= 0.6 is 0 Å². The van der Waals surface area contributed by atoms with Crippen LogP contribution in [0, 0.1) is 23.7 Å². The van der Waals surface area contributed by atoms with E-state index in [1.165, 1.54) is 6.42 Å². The van der Waals surface area contributed by atoms with Gasteiger partial charge >= 0.3 is 0 Å². The highest BCUT2D eigenvalue weighted by molar-refractivity contribution is 4.62. The van der Waals surface area contributed by atoms with Crippen molar-refractivity contribution in [2.24, 2.45) is 23.7 Å². The predicted octanol–water partition coefficient (Wildman–Crippen LogP) is 2.31. The summed E-state index contributed by atoms with van der Waals surface area (Å²) >= 11 is 0. The molecule has 0 spiro atoms. The molecule has 1 aliphatic heterocycles. The molecule has 0 amide bonds. The Hall–Kier alpha value is -0.120. The summed E-state index contributed by atoms with van der Waals surface area (Å²) in [5, 5.41) is 17.2. The molecule has 1 aliphatic rings. The summed E-state index contributed by atoms with van der Waals surface area (Å²) < 4.78 is 5.29. The fourth-order valence-electron chi connectivity index (χ4n) is 2.13. The lowest BCUT2D eigenvalue weighted by Crippen LogP contribution is -2.21. The molecule has 1 saturated heterocycles. The summed E-state index contributed by atoms with van der Waals surface area (Å²) in [7, 11) is 0. The van der Waals surface area contributed by atoms with E-state index in [1.54, 1.807) is 0 Å². The second-order valence-electron chi connectivity index (χ2n) is 5.79. The van der Waals surface area contributed by atoms with E-state index in [0.717, 1.165) is 31.5 Å².